The van der Waals surface area contributed by atoms with E-state index in [0.717, 1.165) is 5.56 Å². The Morgan fingerprint density at radius 3 is 2.83 bits per heavy atom. The van der Waals surface area contributed by atoms with Crippen LogP contribution in [0.3, 0.4) is 0 Å². The fraction of sp³-hybridized carbons (Fsp3) is 0.0769. The van der Waals surface area contributed by atoms with E-state index in [1.54, 1.807) is 18.3 Å². The molecule has 0 unspecified atom stereocenters. The molecule has 0 fully saturated rings. The fourth-order valence-electron chi connectivity index (χ4n) is 1.56. The van der Waals surface area contributed by atoms with Crippen LogP contribution in [0.25, 0.3) is 0 Å². The summed E-state index contributed by atoms with van der Waals surface area (Å²) < 4.78 is 0.607. The van der Waals surface area contributed by atoms with Crippen LogP contribution in [0.2, 0.25) is 0 Å². The SMILES string of the molecule is Cc1cccc(O)c1NC(=O)c1ccncc1Br. The molecule has 4 nitrogen and oxygen atoms in total. The minimum Gasteiger partial charge on any atom is -0.506 e. The molecule has 2 N–H and O–H groups in total. The molecular weight excluding hydrogens is 296 g/mol. The molecule has 0 bridgehead atoms. The minimum atomic E-state index is -0.297. The predicted molar refractivity (Wildman–Crippen MR) is 72.7 cm³/mol. The lowest BCUT2D eigenvalue weighted by molar-refractivity contribution is 0.102. The van der Waals surface area contributed by atoms with Crippen LogP contribution in [0.4, 0.5) is 5.69 Å². The third-order valence-electron chi connectivity index (χ3n) is 2.51. The molecule has 0 atom stereocenters. The van der Waals surface area contributed by atoms with Gasteiger partial charge in [-0.1, -0.05) is 12.1 Å². The summed E-state index contributed by atoms with van der Waals surface area (Å²) in [7, 11) is 0. The average Bonchev–Trinajstić information content (AvgIpc) is 2.34. The van der Waals surface area contributed by atoms with Crippen molar-refractivity contribution in [1.29, 1.82) is 0 Å². The molecule has 5 heteroatoms. The number of pyridine rings is 1. The van der Waals surface area contributed by atoms with Crippen molar-refractivity contribution in [2.45, 2.75) is 6.92 Å². The Hall–Kier alpha value is -1.88. The smallest absolute Gasteiger partial charge is 0.257 e. The van der Waals surface area contributed by atoms with E-state index in [9.17, 15) is 9.90 Å². The van der Waals surface area contributed by atoms with Crippen molar-refractivity contribution in [3.8, 4) is 5.75 Å². The lowest BCUT2D eigenvalue weighted by Gasteiger charge is -2.10. The van der Waals surface area contributed by atoms with Crippen LogP contribution in [0.1, 0.15) is 15.9 Å². The number of hydrogen-bond acceptors (Lipinski definition) is 3. The summed E-state index contributed by atoms with van der Waals surface area (Å²) in [6.07, 6.45) is 3.09. The zero-order valence-electron chi connectivity index (χ0n) is 9.64. The second-order valence-corrected chi connectivity index (χ2v) is 4.63. The maximum absolute atomic E-state index is 12.1. The van der Waals surface area contributed by atoms with Crippen LogP contribution in [0, 0.1) is 6.92 Å². The Labute approximate surface area is 113 Å². The molecule has 2 aromatic rings. The Kier molecular flexibility index (Phi) is 3.62. The van der Waals surface area contributed by atoms with Crippen LogP contribution in [0.15, 0.2) is 41.1 Å². The van der Waals surface area contributed by atoms with Crippen molar-refractivity contribution in [2.24, 2.45) is 0 Å². The maximum Gasteiger partial charge on any atom is 0.257 e. The summed E-state index contributed by atoms with van der Waals surface area (Å²) >= 11 is 3.26. The van der Waals surface area contributed by atoms with E-state index in [1.165, 1.54) is 12.3 Å². The number of amides is 1. The molecule has 0 aliphatic rings. The highest BCUT2D eigenvalue weighted by molar-refractivity contribution is 9.10. The van der Waals surface area contributed by atoms with E-state index in [-0.39, 0.29) is 11.7 Å². The van der Waals surface area contributed by atoms with Crippen molar-refractivity contribution < 1.29 is 9.90 Å². The number of rotatable bonds is 2. The Morgan fingerprint density at radius 2 is 2.17 bits per heavy atom. The van der Waals surface area contributed by atoms with Gasteiger partial charge in [-0.2, -0.15) is 0 Å². The van der Waals surface area contributed by atoms with E-state index in [0.29, 0.717) is 15.7 Å². The molecule has 1 heterocycles. The van der Waals surface area contributed by atoms with E-state index in [2.05, 4.69) is 26.2 Å². The molecule has 0 radical (unpaired) electrons. The van der Waals surface area contributed by atoms with Gasteiger partial charge in [0.15, 0.2) is 0 Å². The number of carbonyl (C=O) groups excluding carboxylic acids is 1. The van der Waals surface area contributed by atoms with E-state index in [4.69, 9.17) is 0 Å². The number of aryl methyl sites for hydroxylation is 1. The molecule has 1 aromatic carbocycles. The summed E-state index contributed by atoms with van der Waals surface area (Å²) in [5.41, 5.74) is 1.69. The largest absolute Gasteiger partial charge is 0.506 e. The lowest BCUT2D eigenvalue weighted by atomic mass is 10.1. The standard InChI is InChI=1S/C13H11BrN2O2/c1-8-3-2-4-11(17)12(8)16-13(18)9-5-6-15-7-10(9)14/h2-7,17H,1H3,(H,16,18). The zero-order chi connectivity index (χ0) is 13.1. The molecule has 2 rings (SSSR count). The normalized spacial score (nSPS) is 10.1. The minimum absolute atomic E-state index is 0.0496. The molecule has 0 aliphatic carbocycles. The van der Waals surface area contributed by atoms with Gasteiger partial charge in [-0.15, -0.1) is 0 Å². The third kappa shape index (κ3) is 2.51. The molecule has 0 saturated heterocycles. The highest BCUT2D eigenvalue weighted by Crippen LogP contribution is 2.27. The maximum atomic E-state index is 12.1. The number of aromatic hydroxyl groups is 1. The third-order valence-corrected chi connectivity index (χ3v) is 3.14. The van der Waals surface area contributed by atoms with Gasteiger partial charge >= 0.3 is 0 Å². The van der Waals surface area contributed by atoms with Crippen LogP contribution >= 0.6 is 15.9 Å². The van der Waals surface area contributed by atoms with Crippen molar-refractivity contribution in [3.05, 3.63) is 52.3 Å². The van der Waals surface area contributed by atoms with Gasteiger partial charge in [0, 0.05) is 16.9 Å². The monoisotopic (exact) mass is 306 g/mol. The number of halogens is 1. The molecule has 1 aromatic heterocycles. The van der Waals surface area contributed by atoms with Gasteiger partial charge in [0.25, 0.3) is 5.91 Å². The number of para-hydroxylation sites is 1. The number of aromatic nitrogens is 1. The second kappa shape index (κ2) is 5.18. The van der Waals surface area contributed by atoms with Gasteiger partial charge in [0.05, 0.1) is 11.3 Å². The number of benzene rings is 1. The van der Waals surface area contributed by atoms with Gasteiger partial charge < -0.3 is 10.4 Å². The predicted octanol–water partition coefficient (Wildman–Crippen LogP) is 3.11. The van der Waals surface area contributed by atoms with E-state index < -0.39 is 0 Å². The molecular formula is C13H11BrN2O2. The first-order valence-corrected chi connectivity index (χ1v) is 6.08. The van der Waals surface area contributed by atoms with Gasteiger partial charge in [-0.05, 0) is 40.5 Å². The van der Waals surface area contributed by atoms with Crippen LogP contribution in [-0.2, 0) is 0 Å². The molecule has 0 aliphatic heterocycles. The average molecular weight is 307 g/mol. The Morgan fingerprint density at radius 1 is 1.39 bits per heavy atom. The van der Waals surface area contributed by atoms with E-state index in [1.807, 2.05) is 13.0 Å². The fourth-order valence-corrected chi connectivity index (χ4v) is 1.99. The number of carbonyl (C=O) groups is 1. The van der Waals surface area contributed by atoms with Crippen molar-refractivity contribution >= 4 is 27.5 Å². The number of nitrogens with one attached hydrogen (secondary N) is 1. The molecule has 92 valence electrons. The zero-order valence-corrected chi connectivity index (χ0v) is 11.2. The topological polar surface area (TPSA) is 62.2 Å². The first-order chi connectivity index (χ1) is 8.59. The molecule has 1 amide bonds. The highest BCUT2D eigenvalue weighted by atomic mass is 79.9. The Bertz CT molecular complexity index is 579. The van der Waals surface area contributed by atoms with E-state index >= 15 is 0 Å². The molecule has 18 heavy (non-hydrogen) atoms. The number of phenolic OH excluding ortho intramolecular Hbond substituents is 1. The van der Waals surface area contributed by atoms with Crippen molar-refractivity contribution in [3.63, 3.8) is 0 Å². The second-order valence-electron chi connectivity index (χ2n) is 3.78. The number of hydrogen-bond donors (Lipinski definition) is 2. The van der Waals surface area contributed by atoms with Crippen LogP contribution in [0.5, 0.6) is 5.75 Å². The van der Waals surface area contributed by atoms with Gasteiger partial charge in [0.2, 0.25) is 0 Å². The lowest BCUT2D eigenvalue weighted by Crippen LogP contribution is -2.13. The van der Waals surface area contributed by atoms with Crippen molar-refractivity contribution in [1.82, 2.24) is 4.98 Å². The first-order valence-electron chi connectivity index (χ1n) is 5.29. The summed E-state index contributed by atoms with van der Waals surface area (Å²) in [4.78, 5) is 16.0. The van der Waals surface area contributed by atoms with Crippen LogP contribution in [-0.4, -0.2) is 16.0 Å². The Balaban J connectivity index is 2.30. The van der Waals surface area contributed by atoms with Gasteiger partial charge in [0.1, 0.15) is 5.75 Å². The summed E-state index contributed by atoms with van der Waals surface area (Å²) in [6, 6.07) is 6.68. The quantitative estimate of drug-likeness (QED) is 0.838. The first kappa shape index (κ1) is 12.6. The molecule has 0 saturated carbocycles. The number of nitrogens with zero attached hydrogens (tertiary/aromatic N) is 1. The van der Waals surface area contributed by atoms with Gasteiger partial charge in [-0.3, -0.25) is 9.78 Å². The highest BCUT2D eigenvalue weighted by Gasteiger charge is 2.13. The summed E-state index contributed by atoms with van der Waals surface area (Å²) in [5, 5.41) is 12.4. The number of phenols is 1. The van der Waals surface area contributed by atoms with Crippen molar-refractivity contribution in [2.75, 3.05) is 5.32 Å². The van der Waals surface area contributed by atoms with Gasteiger partial charge in [-0.25, -0.2) is 0 Å². The van der Waals surface area contributed by atoms with Crippen LogP contribution < -0.4 is 5.32 Å². The summed E-state index contributed by atoms with van der Waals surface area (Å²) in [5.74, 6) is -0.248. The number of anilines is 1. The summed E-state index contributed by atoms with van der Waals surface area (Å²) in [6.45, 7) is 1.82. The molecule has 0 spiro atoms.